The van der Waals surface area contributed by atoms with Crippen molar-refractivity contribution in [3.8, 4) is 0 Å². The van der Waals surface area contributed by atoms with Crippen LogP contribution in [-0.2, 0) is 11.3 Å². The van der Waals surface area contributed by atoms with Crippen molar-refractivity contribution in [3.05, 3.63) is 16.4 Å². The van der Waals surface area contributed by atoms with Crippen LogP contribution in [0.3, 0.4) is 0 Å². The van der Waals surface area contributed by atoms with Gasteiger partial charge in [-0.2, -0.15) is 5.10 Å². The van der Waals surface area contributed by atoms with E-state index in [9.17, 15) is 0 Å². The van der Waals surface area contributed by atoms with Crippen molar-refractivity contribution in [3.63, 3.8) is 0 Å². The Bertz CT molecular complexity index is 354. The predicted octanol–water partition coefficient (Wildman–Crippen LogP) is 3.52. The van der Waals surface area contributed by atoms with Gasteiger partial charge in [-0.15, -0.1) is 0 Å². The van der Waals surface area contributed by atoms with Gasteiger partial charge >= 0.3 is 0 Å². The molecule has 1 unspecified atom stereocenters. The van der Waals surface area contributed by atoms with E-state index >= 15 is 0 Å². The molecule has 1 N–H and O–H groups in total. The van der Waals surface area contributed by atoms with Gasteiger partial charge in [0.2, 0.25) is 0 Å². The highest BCUT2D eigenvalue weighted by molar-refractivity contribution is 9.10. The van der Waals surface area contributed by atoms with E-state index in [-0.39, 0.29) is 0 Å². The molecular formula is C14H26BrN3O. The third-order valence-electron chi connectivity index (χ3n) is 3.37. The first kappa shape index (κ1) is 16.7. The van der Waals surface area contributed by atoms with Crippen LogP contribution in [0.4, 0.5) is 0 Å². The highest BCUT2D eigenvalue weighted by Crippen LogP contribution is 2.27. The Balaban J connectivity index is 2.65. The largest absolute Gasteiger partial charge is 0.383 e. The molecule has 19 heavy (non-hydrogen) atoms. The molecule has 1 rings (SSSR count). The summed E-state index contributed by atoms with van der Waals surface area (Å²) in [5.41, 5.74) is 1.23. The van der Waals surface area contributed by atoms with Gasteiger partial charge in [-0.3, -0.25) is 4.68 Å². The van der Waals surface area contributed by atoms with Crippen LogP contribution in [0.1, 0.15) is 50.8 Å². The SMILES string of the molecule is CCCCCCC(NC)c1c(Br)cnn1CCOC. The Labute approximate surface area is 125 Å². The molecule has 0 aliphatic rings. The number of hydrogen-bond donors (Lipinski definition) is 1. The molecule has 110 valence electrons. The van der Waals surface area contributed by atoms with Gasteiger partial charge in [-0.25, -0.2) is 0 Å². The minimum Gasteiger partial charge on any atom is -0.383 e. The summed E-state index contributed by atoms with van der Waals surface area (Å²) in [6, 6.07) is 0.352. The van der Waals surface area contributed by atoms with Crippen molar-refractivity contribution < 1.29 is 4.74 Å². The monoisotopic (exact) mass is 331 g/mol. The highest BCUT2D eigenvalue weighted by Gasteiger charge is 2.18. The Hall–Kier alpha value is -0.390. The number of aromatic nitrogens is 2. The van der Waals surface area contributed by atoms with Gasteiger partial charge in [0.1, 0.15) is 0 Å². The van der Waals surface area contributed by atoms with Crippen LogP contribution in [-0.4, -0.2) is 30.5 Å². The maximum Gasteiger partial charge on any atom is 0.0696 e. The van der Waals surface area contributed by atoms with Gasteiger partial charge in [-0.1, -0.05) is 32.6 Å². The lowest BCUT2D eigenvalue weighted by Crippen LogP contribution is -2.22. The van der Waals surface area contributed by atoms with E-state index in [0.717, 1.165) is 17.4 Å². The maximum atomic E-state index is 5.14. The summed E-state index contributed by atoms with van der Waals surface area (Å²) < 4.78 is 8.26. The lowest BCUT2D eigenvalue weighted by Gasteiger charge is -2.18. The number of rotatable bonds is 10. The van der Waals surface area contributed by atoms with Crippen molar-refractivity contribution in [1.82, 2.24) is 15.1 Å². The molecule has 5 heteroatoms. The number of ether oxygens (including phenoxy) is 1. The minimum atomic E-state index is 0.352. The van der Waals surface area contributed by atoms with Crippen molar-refractivity contribution in [2.45, 2.75) is 51.6 Å². The van der Waals surface area contributed by atoms with Gasteiger partial charge in [0, 0.05) is 7.11 Å². The lowest BCUT2D eigenvalue weighted by molar-refractivity contribution is 0.181. The summed E-state index contributed by atoms with van der Waals surface area (Å²) in [6.45, 7) is 3.73. The number of hydrogen-bond acceptors (Lipinski definition) is 3. The Morgan fingerprint density at radius 2 is 2.21 bits per heavy atom. The molecule has 1 aromatic rings. The van der Waals surface area contributed by atoms with Crippen molar-refractivity contribution in [2.75, 3.05) is 20.8 Å². The molecule has 1 heterocycles. The predicted molar refractivity (Wildman–Crippen MR) is 82.4 cm³/mol. The van der Waals surface area contributed by atoms with Crippen LogP contribution in [0.15, 0.2) is 10.7 Å². The fraction of sp³-hybridized carbons (Fsp3) is 0.786. The number of nitrogens with one attached hydrogen (secondary N) is 1. The second kappa shape index (κ2) is 9.50. The first-order chi connectivity index (χ1) is 9.24. The molecule has 0 fully saturated rings. The molecular weight excluding hydrogens is 306 g/mol. The standard InChI is InChI=1S/C14H26BrN3O/c1-4-5-6-7-8-13(16-2)14-12(15)11-17-18(14)9-10-19-3/h11,13,16H,4-10H2,1-3H3. The molecule has 0 aliphatic heterocycles. The molecule has 0 aromatic carbocycles. The van der Waals surface area contributed by atoms with Crippen LogP contribution in [0.2, 0.25) is 0 Å². The van der Waals surface area contributed by atoms with Crippen LogP contribution >= 0.6 is 15.9 Å². The van der Waals surface area contributed by atoms with Gasteiger partial charge in [0.05, 0.1) is 35.6 Å². The summed E-state index contributed by atoms with van der Waals surface area (Å²) in [6.07, 6.45) is 8.18. The average molecular weight is 332 g/mol. The molecule has 0 aliphatic carbocycles. The first-order valence-corrected chi connectivity index (χ1v) is 7.91. The minimum absolute atomic E-state index is 0.352. The summed E-state index contributed by atoms with van der Waals surface area (Å²) in [7, 11) is 3.74. The highest BCUT2D eigenvalue weighted by atomic mass is 79.9. The summed E-state index contributed by atoms with van der Waals surface area (Å²) in [4.78, 5) is 0. The van der Waals surface area contributed by atoms with E-state index in [2.05, 4.69) is 33.3 Å². The number of methoxy groups -OCH3 is 1. The molecule has 0 bridgehead atoms. The zero-order valence-corrected chi connectivity index (χ0v) is 13.9. The Kier molecular flexibility index (Phi) is 8.34. The van der Waals surface area contributed by atoms with Gasteiger partial charge < -0.3 is 10.1 Å². The first-order valence-electron chi connectivity index (χ1n) is 7.12. The van der Waals surface area contributed by atoms with Gasteiger partial charge in [0.15, 0.2) is 0 Å². The molecule has 0 amide bonds. The topological polar surface area (TPSA) is 39.1 Å². The van der Waals surface area contributed by atoms with E-state index < -0.39 is 0 Å². The summed E-state index contributed by atoms with van der Waals surface area (Å²) in [5, 5.41) is 7.82. The molecule has 0 saturated heterocycles. The third-order valence-corrected chi connectivity index (χ3v) is 3.98. The molecule has 0 saturated carbocycles. The van der Waals surface area contributed by atoms with Crippen LogP contribution < -0.4 is 5.32 Å². The van der Waals surface area contributed by atoms with E-state index in [4.69, 9.17) is 4.74 Å². The molecule has 0 spiro atoms. The smallest absolute Gasteiger partial charge is 0.0696 e. The molecule has 4 nitrogen and oxygen atoms in total. The number of nitrogens with zero attached hydrogens (tertiary/aromatic N) is 2. The van der Waals surface area contributed by atoms with E-state index in [1.807, 2.05) is 17.9 Å². The normalized spacial score (nSPS) is 12.8. The quantitative estimate of drug-likeness (QED) is 0.666. The van der Waals surface area contributed by atoms with Crippen LogP contribution in [0, 0.1) is 0 Å². The van der Waals surface area contributed by atoms with Crippen LogP contribution in [0.25, 0.3) is 0 Å². The van der Waals surface area contributed by atoms with Crippen LogP contribution in [0.5, 0.6) is 0 Å². The second-order valence-electron chi connectivity index (χ2n) is 4.78. The number of unbranched alkanes of at least 4 members (excludes halogenated alkanes) is 3. The van der Waals surface area contributed by atoms with E-state index in [1.165, 1.54) is 31.4 Å². The molecule has 0 radical (unpaired) electrons. The zero-order chi connectivity index (χ0) is 14.1. The van der Waals surface area contributed by atoms with Crippen molar-refractivity contribution >= 4 is 15.9 Å². The maximum absolute atomic E-state index is 5.14. The van der Waals surface area contributed by atoms with E-state index in [1.54, 1.807) is 7.11 Å². The van der Waals surface area contributed by atoms with Gasteiger partial charge in [0.25, 0.3) is 0 Å². The summed E-state index contributed by atoms with van der Waals surface area (Å²) >= 11 is 3.61. The third kappa shape index (κ3) is 5.24. The summed E-state index contributed by atoms with van der Waals surface area (Å²) in [5.74, 6) is 0. The van der Waals surface area contributed by atoms with E-state index in [0.29, 0.717) is 12.6 Å². The second-order valence-corrected chi connectivity index (χ2v) is 5.64. The fourth-order valence-electron chi connectivity index (χ4n) is 2.27. The lowest BCUT2D eigenvalue weighted by atomic mass is 10.0. The van der Waals surface area contributed by atoms with Crippen molar-refractivity contribution in [2.24, 2.45) is 0 Å². The Morgan fingerprint density at radius 3 is 2.84 bits per heavy atom. The Morgan fingerprint density at radius 1 is 1.42 bits per heavy atom. The number of halogens is 1. The fourth-order valence-corrected chi connectivity index (χ4v) is 2.84. The molecule has 1 atom stereocenters. The van der Waals surface area contributed by atoms with Gasteiger partial charge in [-0.05, 0) is 29.4 Å². The average Bonchev–Trinajstić information content (AvgIpc) is 2.78. The zero-order valence-electron chi connectivity index (χ0n) is 12.3. The molecule has 1 aromatic heterocycles. The van der Waals surface area contributed by atoms with Crippen molar-refractivity contribution in [1.29, 1.82) is 0 Å².